The van der Waals surface area contributed by atoms with Gasteiger partial charge in [-0.2, -0.15) is 40.2 Å². The Morgan fingerprint density at radius 2 is 1.35 bits per heavy atom. The van der Waals surface area contributed by atoms with Crippen LogP contribution in [0, 0.1) is 0 Å². The SMILES string of the molecule is O=C(C=C(O)c1ccccc1)C(F)(F)C(F)(F)C(F)(F)C(F)(F)c1cc(-c2ccccc2)n[nH]1. The predicted octanol–water partition coefficient (Wildman–Crippen LogP) is 6.24. The zero-order valence-corrected chi connectivity index (χ0v) is 16.8. The summed E-state index contributed by atoms with van der Waals surface area (Å²) in [5, 5.41) is 14.5. The average Bonchev–Trinajstić information content (AvgIpc) is 3.31. The van der Waals surface area contributed by atoms with Crippen molar-refractivity contribution in [1.29, 1.82) is 0 Å². The first-order chi connectivity index (χ1) is 15.7. The third-order valence-corrected chi connectivity index (χ3v) is 4.82. The Balaban J connectivity index is 1.95. The summed E-state index contributed by atoms with van der Waals surface area (Å²) in [4.78, 5) is 11.7. The molecule has 34 heavy (non-hydrogen) atoms. The average molecular weight is 490 g/mol. The highest BCUT2D eigenvalue weighted by Gasteiger charge is 2.82. The van der Waals surface area contributed by atoms with E-state index >= 15 is 0 Å². The number of aromatic nitrogens is 2. The number of benzene rings is 2. The summed E-state index contributed by atoms with van der Waals surface area (Å²) in [5.74, 6) is -30.1. The smallest absolute Gasteiger partial charge is 0.386 e. The third-order valence-electron chi connectivity index (χ3n) is 4.82. The van der Waals surface area contributed by atoms with Gasteiger partial charge in [-0.3, -0.25) is 9.89 Å². The van der Waals surface area contributed by atoms with Gasteiger partial charge in [0.1, 0.15) is 11.5 Å². The van der Waals surface area contributed by atoms with Crippen LogP contribution in [0.15, 0.2) is 72.8 Å². The molecule has 0 atom stereocenters. The van der Waals surface area contributed by atoms with Gasteiger partial charge in [0.05, 0.1) is 5.69 Å². The number of aliphatic hydroxyl groups is 1. The molecule has 0 aliphatic heterocycles. The van der Waals surface area contributed by atoms with Crippen LogP contribution in [0.5, 0.6) is 0 Å². The molecule has 0 fully saturated rings. The fourth-order valence-corrected chi connectivity index (χ4v) is 2.86. The van der Waals surface area contributed by atoms with Crippen molar-refractivity contribution in [2.24, 2.45) is 0 Å². The highest BCUT2D eigenvalue weighted by atomic mass is 19.4. The second kappa shape index (κ2) is 8.58. The van der Waals surface area contributed by atoms with Gasteiger partial charge in [0, 0.05) is 17.2 Å². The molecule has 3 aromatic rings. The largest absolute Gasteiger partial charge is 0.507 e. The van der Waals surface area contributed by atoms with Gasteiger partial charge in [0.2, 0.25) is 5.78 Å². The van der Waals surface area contributed by atoms with E-state index in [-0.39, 0.29) is 16.8 Å². The van der Waals surface area contributed by atoms with Gasteiger partial charge in [-0.1, -0.05) is 60.7 Å². The van der Waals surface area contributed by atoms with Crippen LogP contribution in [0.2, 0.25) is 0 Å². The molecular weight excluding hydrogens is 476 g/mol. The molecule has 2 N–H and O–H groups in total. The quantitative estimate of drug-likeness (QED) is 0.223. The maximum absolute atomic E-state index is 14.5. The summed E-state index contributed by atoms with van der Waals surface area (Å²) in [6, 6.07) is 13.7. The molecule has 0 bridgehead atoms. The van der Waals surface area contributed by atoms with Crippen molar-refractivity contribution in [2.75, 3.05) is 0 Å². The maximum Gasteiger partial charge on any atom is 0.386 e. The summed E-state index contributed by atoms with van der Waals surface area (Å²) in [5.41, 5.74) is -2.34. The molecule has 2 aromatic carbocycles. The number of hydrogen-bond donors (Lipinski definition) is 2. The van der Waals surface area contributed by atoms with Crippen molar-refractivity contribution >= 4 is 11.5 Å². The molecule has 0 amide bonds. The molecule has 12 heteroatoms. The van der Waals surface area contributed by atoms with Gasteiger partial charge < -0.3 is 5.11 Å². The fraction of sp³-hybridized carbons (Fsp3) is 0.182. The molecule has 0 saturated carbocycles. The number of carbonyl (C=O) groups is 1. The lowest BCUT2D eigenvalue weighted by Gasteiger charge is -2.35. The van der Waals surface area contributed by atoms with E-state index in [1.165, 1.54) is 47.6 Å². The summed E-state index contributed by atoms with van der Waals surface area (Å²) in [7, 11) is 0. The van der Waals surface area contributed by atoms with Gasteiger partial charge in [-0.15, -0.1) is 0 Å². The van der Waals surface area contributed by atoms with Gasteiger partial charge >= 0.3 is 23.7 Å². The van der Waals surface area contributed by atoms with Crippen molar-refractivity contribution in [3.63, 3.8) is 0 Å². The monoisotopic (exact) mass is 490 g/mol. The van der Waals surface area contributed by atoms with Gasteiger partial charge in [0.25, 0.3) is 0 Å². The second-order valence-electron chi connectivity index (χ2n) is 7.09. The van der Waals surface area contributed by atoms with E-state index in [0.717, 1.165) is 12.1 Å². The van der Waals surface area contributed by atoms with Gasteiger partial charge in [-0.05, 0) is 6.07 Å². The molecule has 1 heterocycles. The number of nitrogens with zero attached hydrogens (tertiary/aromatic N) is 1. The summed E-state index contributed by atoms with van der Waals surface area (Å²) >= 11 is 0. The minimum Gasteiger partial charge on any atom is -0.507 e. The van der Waals surface area contributed by atoms with Crippen LogP contribution in [0.4, 0.5) is 35.1 Å². The zero-order chi connectivity index (χ0) is 25.4. The first-order valence-electron chi connectivity index (χ1n) is 9.36. The number of ketones is 1. The van der Waals surface area contributed by atoms with Crippen molar-refractivity contribution in [3.05, 3.63) is 84.1 Å². The minimum absolute atomic E-state index is 0.151. The van der Waals surface area contributed by atoms with E-state index in [4.69, 9.17) is 0 Å². The number of rotatable bonds is 8. The molecule has 4 nitrogen and oxygen atoms in total. The number of aliphatic hydroxyl groups excluding tert-OH is 1. The molecular formula is C22H14F8N2O2. The topological polar surface area (TPSA) is 66.0 Å². The number of hydrogen-bond acceptors (Lipinski definition) is 3. The number of aromatic amines is 1. The number of carbonyl (C=O) groups excluding carboxylic acids is 1. The fourth-order valence-electron chi connectivity index (χ4n) is 2.86. The molecule has 180 valence electrons. The maximum atomic E-state index is 14.5. The van der Waals surface area contributed by atoms with E-state index < -0.39 is 47.0 Å². The standard InChI is InChI=1S/C22H14F8N2O2/c23-19(24,17-11-15(31-32-17)13-7-3-1-4-8-13)21(27,28)22(29,30)20(25,26)18(34)12-16(33)14-9-5-2-6-10-14/h1-12,33H,(H,31,32). The van der Waals surface area contributed by atoms with Crippen LogP contribution in [-0.2, 0) is 10.7 Å². The lowest BCUT2D eigenvalue weighted by Crippen LogP contribution is -2.63. The first-order valence-corrected chi connectivity index (χ1v) is 9.36. The lowest BCUT2D eigenvalue weighted by atomic mass is 9.93. The minimum atomic E-state index is -6.87. The van der Waals surface area contributed by atoms with E-state index in [1.54, 1.807) is 6.07 Å². The highest BCUT2D eigenvalue weighted by Crippen LogP contribution is 2.56. The normalized spacial score (nSPS) is 13.7. The van der Waals surface area contributed by atoms with Gasteiger partial charge in [-0.25, -0.2) is 0 Å². The Labute approximate surface area is 186 Å². The van der Waals surface area contributed by atoms with Crippen LogP contribution < -0.4 is 0 Å². The zero-order valence-electron chi connectivity index (χ0n) is 16.8. The van der Waals surface area contributed by atoms with Crippen molar-refractivity contribution in [1.82, 2.24) is 10.2 Å². The molecule has 1 aromatic heterocycles. The summed E-state index contributed by atoms with van der Waals surface area (Å²) in [6.45, 7) is 0. The van der Waals surface area contributed by atoms with Crippen LogP contribution in [0.25, 0.3) is 17.0 Å². The Hall–Kier alpha value is -3.70. The Morgan fingerprint density at radius 1 is 0.824 bits per heavy atom. The number of alkyl halides is 8. The molecule has 3 rings (SSSR count). The van der Waals surface area contributed by atoms with E-state index in [9.17, 15) is 45.0 Å². The van der Waals surface area contributed by atoms with E-state index in [0.29, 0.717) is 6.07 Å². The first kappa shape index (κ1) is 24.9. The summed E-state index contributed by atoms with van der Waals surface area (Å²) in [6.07, 6.45) is -0.429. The molecule has 0 saturated heterocycles. The van der Waals surface area contributed by atoms with Crippen LogP contribution in [0.1, 0.15) is 11.3 Å². The number of nitrogens with one attached hydrogen (secondary N) is 1. The molecule has 0 unspecified atom stereocenters. The van der Waals surface area contributed by atoms with Crippen molar-refractivity contribution in [2.45, 2.75) is 23.7 Å². The third kappa shape index (κ3) is 4.03. The van der Waals surface area contributed by atoms with E-state index in [2.05, 4.69) is 5.10 Å². The van der Waals surface area contributed by atoms with Crippen molar-refractivity contribution in [3.8, 4) is 11.3 Å². The van der Waals surface area contributed by atoms with E-state index in [1.807, 2.05) is 0 Å². The number of halogens is 8. The summed E-state index contributed by atoms with van der Waals surface area (Å²) < 4.78 is 114. The Bertz CT molecular complexity index is 1190. The van der Waals surface area contributed by atoms with Gasteiger partial charge in [0.15, 0.2) is 0 Å². The predicted molar refractivity (Wildman–Crippen MR) is 105 cm³/mol. The highest BCUT2D eigenvalue weighted by molar-refractivity contribution is 6.01. The van der Waals surface area contributed by atoms with Crippen LogP contribution >= 0.6 is 0 Å². The Morgan fingerprint density at radius 3 is 1.91 bits per heavy atom. The molecule has 0 spiro atoms. The lowest BCUT2D eigenvalue weighted by molar-refractivity contribution is -0.361. The van der Waals surface area contributed by atoms with Crippen molar-refractivity contribution < 1.29 is 45.0 Å². The van der Waals surface area contributed by atoms with Crippen LogP contribution in [-0.4, -0.2) is 38.9 Å². The number of allylic oxidation sites excluding steroid dienone is 1. The second-order valence-corrected chi connectivity index (χ2v) is 7.09. The number of H-pyrrole nitrogens is 1. The molecule has 0 aliphatic carbocycles. The Kier molecular flexibility index (Phi) is 6.29. The molecule has 0 radical (unpaired) electrons. The van der Waals surface area contributed by atoms with Crippen LogP contribution in [0.3, 0.4) is 0 Å². The molecule has 0 aliphatic rings.